The predicted molar refractivity (Wildman–Crippen MR) is 67.5 cm³/mol. The van der Waals surface area contributed by atoms with Gasteiger partial charge in [-0.1, -0.05) is 6.07 Å². The second-order valence-electron chi connectivity index (χ2n) is 3.88. The molecule has 1 atom stereocenters. The van der Waals surface area contributed by atoms with E-state index >= 15 is 0 Å². The zero-order valence-corrected chi connectivity index (χ0v) is 9.88. The van der Waals surface area contributed by atoms with E-state index in [0.717, 1.165) is 17.1 Å². The van der Waals surface area contributed by atoms with Crippen molar-refractivity contribution in [3.63, 3.8) is 0 Å². The quantitative estimate of drug-likeness (QED) is 0.841. The predicted octanol–water partition coefficient (Wildman–Crippen LogP) is 1.94. The summed E-state index contributed by atoms with van der Waals surface area (Å²) in [7, 11) is 0. The smallest absolute Gasteiger partial charge is 0.221 e. The van der Waals surface area contributed by atoms with E-state index in [0.29, 0.717) is 0 Å². The highest BCUT2D eigenvalue weighted by atomic mass is 15.1. The Kier molecular flexibility index (Phi) is 3.18. The Morgan fingerprint density at radius 2 is 2.12 bits per heavy atom. The Morgan fingerprint density at radius 1 is 1.29 bits per heavy atom. The molecule has 0 saturated carbocycles. The van der Waals surface area contributed by atoms with Gasteiger partial charge in [0.2, 0.25) is 5.95 Å². The number of nitrogens with one attached hydrogen (secondary N) is 1. The highest BCUT2D eigenvalue weighted by Gasteiger charge is 2.09. The molecule has 0 fully saturated rings. The first-order valence-electron chi connectivity index (χ1n) is 5.43. The molecule has 0 aliphatic rings. The van der Waals surface area contributed by atoms with Gasteiger partial charge in [0.15, 0.2) is 0 Å². The van der Waals surface area contributed by atoms with Gasteiger partial charge in [0.25, 0.3) is 0 Å². The van der Waals surface area contributed by atoms with E-state index in [9.17, 15) is 0 Å². The maximum atomic E-state index is 5.56. The molecule has 2 rings (SSSR count). The van der Waals surface area contributed by atoms with E-state index in [4.69, 9.17) is 5.73 Å². The van der Waals surface area contributed by atoms with E-state index in [-0.39, 0.29) is 12.0 Å². The number of nitrogens with zero attached hydrogens (tertiary/aromatic N) is 3. The van der Waals surface area contributed by atoms with Crippen LogP contribution >= 0.6 is 0 Å². The lowest BCUT2D eigenvalue weighted by molar-refractivity contribution is 0.828. The van der Waals surface area contributed by atoms with Crippen LogP contribution in [0.3, 0.4) is 0 Å². The summed E-state index contributed by atoms with van der Waals surface area (Å²) in [5.74, 6) is 1.02. The van der Waals surface area contributed by atoms with Crippen molar-refractivity contribution in [1.29, 1.82) is 0 Å². The number of nitrogens with two attached hydrogens (primary N) is 1. The van der Waals surface area contributed by atoms with E-state index in [1.54, 1.807) is 12.4 Å². The molecule has 0 amide bonds. The van der Waals surface area contributed by atoms with Gasteiger partial charge < -0.3 is 11.1 Å². The molecule has 0 aliphatic heterocycles. The fourth-order valence-electron chi connectivity index (χ4n) is 1.51. The molecule has 0 bridgehead atoms. The molecule has 0 aliphatic carbocycles. The molecule has 0 aromatic carbocycles. The van der Waals surface area contributed by atoms with Crippen molar-refractivity contribution in [3.8, 4) is 0 Å². The van der Waals surface area contributed by atoms with Crippen LogP contribution in [0.2, 0.25) is 0 Å². The molecule has 17 heavy (non-hydrogen) atoms. The average Bonchev–Trinajstić information content (AvgIpc) is 2.35. The van der Waals surface area contributed by atoms with Crippen LogP contribution < -0.4 is 11.1 Å². The van der Waals surface area contributed by atoms with Gasteiger partial charge in [0, 0.05) is 18.0 Å². The van der Waals surface area contributed by atoms with Crippen LogP contribution in [0.15, 0.2) is 30.6 Å². The summed E-state index contributed by atoms with van der Waals surface area (Å²) >= 11 is 0. The molecule has 3 N–H and O–H groups in total. The third kappa shape index (κ3) is 2.69. The van der Waals surface area contributed by atoms with Crippen molar-refractivity contribution in [3.05, 3.63) is 41.9 Å². The fourth-order valence-corrected chi connectivity index (χ4v) is 1.51. The second-order valence-corrected chi connectivity index (χ2v) is 3.88. The lowest BCUT2D eigenvalue weighted by atomic mass is 10.2. The van der Waals surface area contributed by atoms with Crippen molar-refractivity contribution >= 4 is 11.8 Å². The Hall–Kier alpha value is -2.17. The van der Waals surface area contributed by atoms with Gasteiger partial charge in [0.1, 0.15) is 5.82 Å². The summed E-state index contributed by atoms with van der Waals surface area (Å²) in [4.78, 5) is 12.4. The topological polar surface area (TPSA) is 76.7 Å². The molecule has 5 heteroatoms. The van der Waals surface area contributed by atoms with Gasteiger partial charge in [-0.2, -0.15) is 4.98 Å². The zero-order valence-electron chi connectivity index (χ0n) is 9.88. The standard InChI is InChI=1S/C12H15N5/c1-8-7-15-12(13)17-11(8)16-9(2)10-5-3-4-6-14-10/h3-7,9H,1-2H3,(H3,13,15,16,17). The van der Waals surface area contributed by atoms with Gasteiger partial charge in [0.05, 0.1) is 11.7 Å². The lowest BCUT2D eigenvalue weighted by Crippen LogP contribution is -2.11. The van der Waals surface area contributed by atoms with Crippen LogP contribution in [0.1, 0.15) is 24.2 Å². The van der Waals surface area contributed by atoms with Crippen LogP contribution in [0.5, 0.6) is 0 Å². The normalized spacial score (nSPS) is 12.1. The van der Waals surface area contributed by atoms with Gasteiger partial charge in [-0.15, -0.1) is 0 Å². The Bertz CT molecular complexity index is 498. The van der Waals surface area contributed by atoms with Crippen LogP contribution in [0.4, 0.5) is 11.8 Å². The van der Waals surface area contributed by atoms with Crippen LogP contribution in [-0.4, -0.2) is 15.0 Å². The molecule has 0 spiro atoms. The fraction of sp³-hybridized carbons (Fsp3) is 0.250. The lowest BCUT2D eigenvalue weighted by Gasteiger charge is -2.15. The molecule has 5 nitrogen and oxygen atoms in total. The third-order valence-corrected chi connectivity index (χ3v) is 2.47. The monoisotopic (exact) mass is 229 g/mol. The summed E-state index contributed by atoms with van der Waals surface area (Å²) in [5.41, 5.74) is 7.49. The van der Waals surface area contributed by atoms with E-state index in [2.05, 4.69) is 20.3 Å². The van der Waals surface area contributed by atoms with Crippen molar-refractivity contribution in [1.82, 2.24) is 15.0 Å². The number of hydrogen-bond acceptors (Lipinski definition) is 5. The largest absolute Gasteiger partial charge is 0.368 e. The summed E-state index contributed by atoms with van der Waals surface area (Å²) in [5, 5.41) is 3.27. The van der Waals surface area contributed by atoms with E-state index in [1.165, 1.54) is 0 Å². The molecular formula is C12H15N5. The minimum atomic E-state index is 0.0733. The zero-order chi connectivity index (χ0) is 12.3. The van der Waals surface area contributed by atoms with Crippen molar-refractivity contribution < 1.29 is 0 Å². The van der Waals surface area contributed by atoms with Crippen molar-refractivity contribution in [2.45, 2.75) is 19.9 Å². The van der Waals surface area contributed by atoms with Crippen molar-refractivity contribution in [2.24, 2.45) is 0 Å². The van der Waals surface area contributed by atoms with E-state index < -0.39 is 0 Å². The molecule has 2 aromatic rings. The molecule has 0 radical (unpaired) electrons. The first-order chi connectivity index (χ1) is 8.16. The molecule has 0 saturated heterocycles. The Morgan fingerprint density at radius 3 is 2.82 bits per heavy atom. The molecular weight excluding hydrogens is 214 g/mol. The van der Waals surface area contributed by atoms with Crippen molar-refractivity contribution in [2.75, 3.05) is 11.1 Å². The number of rotatable bonds is 3. The summed E-state index contributed by atoms with van der Waals surface area (Å²) in [6, 6.07) is 5.90. The summed E-state index contributed by atoms with van der Waals surface area (Å²) in [6.07, 6.45) is 3.48. The molecule has 1 unspecified atom stereocenters. The number of aromatic nitrogens is 3. The number of pyridine rings is 1. The van der Waals surface area contributed by atoms with Gasteiger partial charge in [-0.3, -0.25) is 4.98 Å². The number of nitrogen functional groups attached to an aromatic ring is 1. The first-order valence-corrected chi connectivity index (χ1v) is 5.43. The number of anilines is 2. The highest BCUT2D eigenvalue weighted by molar-refractivity contribution is 5.46. The molecule has 2 aromatic heterocycles. The third-order valence-electron chi connectivity index (χ3n) is 2.47. The molecule has 88 valence electrons. The summed E-state index contributed by atoms with van der Waals surface area (Å²) < 4.78 is 0. The van der Waals surface area contributed by atoms with Crippen LogP contribution in [0, 0.1) is 6.92 Å². The average molecular weight is 229 g/mol. The van der Waals surface area contributed by atoms with Gasteiger partial charge in [-0.05, 0) is 26.0 Å². The van der Waals surface area contributed by atoms with Gasteiger partial charge >= 0.3 is 0 Å². The first kappa shape index (κ1) is 11.3. The van der Waals surface area contributed by atoms with Crippen LogP contribution in [-0.2, 0) is 0 Å². The Labute approximate surface area is 100 Å². The maximum Gasteiger partial charge on any atom is 0.221 e. The second kappa shape index (κ2) is 4.78. The minimum Gasteiger partial charge on any atom is -0.368 e. The highest BCUT2D eigenvalue weighted by Crippen LogP contribution is 2.18. The maximum absolute atomic E-state index is 5.56. The summed E-state index contributed by atoms with van der Waals surface area (Å²) in [6.45, 7) is 3.97. The number of hydrogen-bond donors (Lipinski definition) is 2. The van der Waals surface area contributed by atoms with Gasteiger partial charge in [-0.25, -0.2) is 4.98 Å². The molecule has 2 heterocycles. The van der Waals surface area contributed by atoms with Crippen LogP contribution in [0.25, 0.3) is 0 Å². The Balaban J connectivity index is 2.18. The minimum absolute atomic E-state index is 0.0733. The SMILES string of the molecule is Cc1cnc(N)nc1NC(C)c1ccccn1. The number of aryl methyl sites for hydroxylation is 1. The van der Waals surface area contributed by atoms with E-state index in [1.807, 2.05) is 32.0 Å².